The normalized spacial score (nSPS) is 14.0. The number of hydrogen-bond donors (Lipinski definition) is 0. The molecule has 0 N–H and O–H groups in total. The van der Waals surface area contributed by atoms with E-state index in [1.54, 1.807) is 0 Å². The van der Waals surface area contributed by atoms with Crippen molar-refractivity contribution in [3.63, 3.8) is 0 Å². The fraction of sp³-hybridized carbons (Fsp3) is 1.00. The van der Waals surface area contributed by atoms with E-state index in [9.17, 15) is 13.0 Å². The Morgan fingerprint density at radius 2 is 1.38 bits per heavy atom. The van der Waals surface area contributed by atoms with Gasteiger partial charge in [-0.3, -0.25) is 0 Å². The van der Waals surface area contributed by atoms with Gasteiger partial charge in [-0.2, -0.15) is 0 Å². The molecule has 0 spiro atoms. The van der Waals surface area contributed by atoms with Crippen molar-refractivity contribution < 1.29 is 13.0 Å². The molecule has 3 nitrogen and oxygen atoms in total. The Hall–Kier alpha value is 0.340. The van der Waals surface area contributed by atoms with Gasteiger partial charge in [0.25, 0.3) is 0 Å². The molecular weight excluding hydrogens is 147 g/mol. The van der Waals surface area contributed by atoms with Crippen LogP contribution >= 0.6 is 6.46 Å². The first kappa shape index (κ1) is 8.34. The Balaban J connectivity index is 4.53. The highest BCUT2D eigenvalue weighted by atomic mass is 32.8. The Kier molecular flexibility index (Phi) is 2.02. The second kappa shape index (κ2) is 1.94. The Bertz CT molecular complexity index is 163. The standard InChI is InChI=1S/C3H9O3PS/c1-7(2,3)8(4,5)6/h1-3H3. The summed E-state index contributed by atoms with van der Waals surface area (Å²) in [6.45, 7) is 2.26. The fourth-order valence-corrected chi connectivity index (χ4v) is 0. The summed E-state index contributed by atoms with van der Waals surface area (Å²) in [5, 5.41) is 0. The highest BCUT2D eigenvalue weighted by Crippen LogP contribution is 2.52. The predicted octanol–water partition coefficient (Wildman–Crippen LogP) is 0.354. The van der Waals surface area contributed by atoms with Gasteiger partial charge in [-0.05, 0) is 0 Å². The summed E-state index contributed by atoms with van der Waals surface area (Å²) in [6.07, 6.45) is 0. The van der Waals surface area contributed by atoms with E-state index in [1.165, 1.54) is 20.0 Å². The molecular formula is C3H9O3PS. The molecule has 0 atom stereocenters. The molecule has 0 saturated heterocycles. The first-order chi connectivity index (χ1) is 3.25. The molecule has 0 radical (unpaired) electrons. The third kappa shape index (κ3) is 2.07. The maximum Gasteiger partial charge on any atom is 0.211 e. The largest absolute Gasteiger partial charge is 0.717 e. The average Bonchev–Trinajstić information content (AvgIpc) is 1.25. The highest BCUT2D eigenvalue weighted by Gasteiger charge is 2.25. The molecule has 0 aromatic heterocycles. The molecule has 8 heavy (non-hydrogen) atoms. The minimum atomic E-state index is -3.98. The van der Waals surface area contributed by atoms with Gasteiger partial charge in [-0.15, -0.1) is 0 Å². The van der Waals surface area contributed by atoms with E-state index in [2.05, 4.69) is 0 Å². The summed E-state index contributed by atoms with van der Waals surface area (Å²) < 4.78 is 30.4. The second-order valence-electron chi connectivity index (χ2n) is 2.32. The predicted molar refractivity (Wildman–Crippen MR) is 34.4 cm³/mol. The lowest BCUT2D eigenvalue weighted by Gasteiger charge is -2.14. The van der Waals surface area contributed by atoms with Crippen molar-refractivity contribution in [3.8, 4) is 0 Å². The molecule has 0 aliphatic carbocycles. The van der Waals surface area contributed by atoms with Crippen LogP contribution in [0.15, 0.2) is 0 Å². The quantitative estimate of drug-likeness (QED) is 0.406. The van der Waals surface area contributed by atoms with Crippen molar-refractivity contribution >= 4 is 16.2 Å². The monoisotopic (exact) mass is 156 g/mol. The van der Waals surface area contributed by atoms with Crippen LogP contribution in [-0.2, 0) is 9.74 Å². The Morgan fingerprint density at radius 1 is 1.25 bits per heavy atom. The van der Waals surface area contributed by atoms with Gasteiger partial charge in [0, 0.05) is 0 Å². The van der Waals surface area contributed by atoms with Crippen molar-refractivity contribution in [2.24, 2.45) is 0 Å². The van der Waals surface area contributed by atoms with Gasteiger partial charge in [0.2, 0.25) is 9.74 Å². The summed E-state index contributed by atoms with van der Waals surface area (Å²) in [4.78, 5) is 0. The lowest BCUT2D eigenvalue weighted by atomic mass is 11.9. The molecule has 0 heterocycles. The smallest absolute Gasteiger partial charge is 0.211 e. The van der Waals surface area contributed by atoms with Crippen molar-refractivity contribution in [3.05, 3.63) is 0 Å². The van der Waals surface area contributed by atoms with Crippen LogP contribution in [-0.4, -0.2) is 33.0 Å². The summed E-state index contributed by atoms with van der Waals surface area (Å²) in [6, 6.07) is 0. The van der Waals surface area contributed by atoms with Gasteiger partial charge >= 0.3 is 0 Å². The zero-order valence-electron chi connectivity index (χ0n) is 5.08. The van der Waals surface area contributed by atoms with Crippen LogP contribution in [0.2, 0.25) is 0 Å². The van der Waals surface area contributed by atoms with Crippen LogP contribution in [0.3, 0.4) is 0 Å². The first-order valence-corrected chi connectivity index (χ1v) is 7.17. The van der Waals surface area contributed by atoms with E-state index < -0.39 is 16.2 Å². The van der Waals surface area contributed by atoms with E-state index in [-0.39, 0.29) is 0 Å². The topological polar surface area (TPSA) is 57.2 Å². The number of hydrogen-bond acceptors (Lipinski definition) is 3. The van der Waals surface area contributed by atoms with E-state index in [4.69, 9.17) is 0 Å². The van der Waals surface area contributed by atoms with Crippen LogP contribution in [0.5, 0.6) is 0 Å². The third-order valence-electron chi connectivity index (χ3n) is 0.671. The van der Waals surface area contributed by atoms with Crippen LogP contribution in [0.4, 0.5) is 0 Å². The Labute approximate surface area is 49.9 Å². The zero-order valence-corrected chi connectivity index (χ0v) is 6.79. The molecule has 0 aliphatic rings. The van der Waals surface area contributed by atoms with Gasteiger partial charge in [-0.1, -0.05) is 0 Å². The van der Waals surface area contributed by atoms with E-state index in [1.807, 2.05) is 0 Å². The van der Waals surface area contributed by atoms with E-state index in [0.29, 0.717) is 0 Å². The first-order valence-electron chi connectivity index (χ1n) is 2.02. The second-order valence-corrected chi connectivity index (χ2v) is 11.6. The number of rotatable bonds is 1. The SMILES string of the molecule is C[P+](C)(C)S(=O)(=O)[O-]. The molecule has 0 rings (SSSR count). The van der Waals surface area contributed by atoms with Crippen molar-refractivity contribution in [1.29, 1.82) is 0 Å². The van der Waals surface area contributed by atoms with E-state index >= 15 is 0 Å². The van der Waals surface area contributed by atoms with Gasteiger partial charge in [0.05, 0.1) is 20.0 Å². The van der Waals surface area contributed by atoms with Gasteiger partial charge < -0.3 is 4.55 Å². The lowest BCUT2D eigenvalue weighted by Crippen LogP contribution is -2.01. The minimum Gasteiger partial charge on any atom is -0.717 e. The summed E-state index contributed by atoms with van der Waals surface area (Å²) in [5.74, 6) is 0. The molecule has 0 unspecified atom stereocenters. The molecule has 0 aliphatic heterocycles. The molecule has 0 amide bonds. The lowest BCUT2D eigenvalue weighted by molar-refractivity contribution is 0.480. The maximum atomic E-state index is 10.1. The van der Waals surface area contributed by atoms with Gasteiger partial charge in [-0.25, -0.2) is 8.42 Å². The zero-order chi connectivity index (χ0) is 7.00. The van der Waals surface area contributed by atoms with Crippen LogP contribution in [0, 0.1) is 0 Å². The molecule has 5 heteroatoms. The minimum absolute atomic E-state index is 1.48. The van der Waals surface area contributed by atoms with Crippen LogP contribution in [0.1, 0.15) is 0 Å². The third-order valence-corrected chi connectivity index (χ3v) is 6.04. The molecule has 0 fully saturated rings. The van der Waals surface area contributed by atoms with Crippen LogP contribution < -0.4 is 0 Å². The van der Waals surface area contributed by atoms with E-state index in [0.717, 1.165) is 0 Å². The molecule has 0 aromatic rings. The summed E-state index contributed by atoms with van der Waals surface area (Å²) in [7, 11) is -3.98. The van der Waals surface area contributed by atoms with Crippen molar-refractivity contribution in [1.82, 2.24) is 0 Å². The van der Waals surface area contributed by atoms with Gasteiger partial charge in [0.1, 0.15) is 6.46 Å². The highest BCUT2D eigenvalue weighted by molar-refractivity contribution is 8.54. The molecule has 0 aromatic carbocycles. The summed E-state index contributed by atoms with van der Waals surface area (Å²) >= 11 is 0. The molecule has 0 saturated carbocycles. The average molecular weight is 156 g/mol. The van der Waals surface area contributed by atoms with Crippen LogP contribution in [0.25, 0.3) is 0 Å². The molecule has 0 bridgehead atoms. The Morgan fingerprint density at radius 3 is 1.38 bits per heavy atom. The summed E-state index contributed by atoms with van der Waals surface area (Å²) in [5.41, 5.74) is 0. The van der Waals surface area contributed by atoms with Gasteiger partial charge in [0.15, 0.2) is 0 Å². The van der Waals surface area contributed by atoms with Crippen molar-refractivity contribution in [2.75, 3.05) is 20.0 Å². The van der Waals surface area contributed by atoms with Crippen molar-refractivity contribution in [2.45, 2.75) is 0 Å². The maximum absolute atomic E-state index is 10.1. The fourth-order valence-electron chi connectivity index (χ4n) is 0. The molecule has 50 valence electrons.